The third kappa shape index (κ3) is 1.95. The van der Waals surface area contributed by atoms with Crippen molar-refractivity contribution in [3.8, 4) is 0 Å². The Balaban J connectivity index is 2.09. The lowest BCUT2D eigenvalue weighted by Crippen LogP contribution is -2.29. The normalized spacial score (nSPS) is 21.3. The molecule has 0 aromatic carbocycles. The summed E-state index contributed by atoms with van der Waals surface area (Å²) in [6.45, 7) is 10.8. The summed E-state index contributed by atoms with van der Waals surface area (Å²) in [5, 5.41) is 3.14. The third-order valence-electron chi connectivity index (χ3n) is 4.38. The van der Waals surface area contributed by atoms with Crippen LogP contribution in [-0.2, 0) is 0 Å². The molecule has 4 heteroatoms. The molecule has 2 nitrogen and oxygen atoms in total. The van der Waals surface area contributed by atoms with Crippen LogP contribution < -0.4 is 5.32 Å². The average molecular weight is 316 g/mol. The lowest BCUT2D eigenvalue weighted by atomic mass is 10.0. The van der Waals surface area contributed by atoms with Gasteiger partial charge in [-0.15, -0.1) is 11.3 Å². The van der Waals surface area contributed by atoms with E-state index < -0.39 is 0 Å². The quantitative estimate of drug-likeness (QED) is 0.878. The average Bonchev–Trinajstić information content (AvgIpc) is 2.51. The maximum absolute atomic E-state index is 12.1. The van der Waals surface area contributed by atoms with Gasteiger partial charge in [0.15, 0.2) is 0 Å². The molecule has 17 heavy (non-hydrogen) atoms. The molecule has 0 aliphatic heterocycles. The molecule has 1 aromatic heterocycles. The largest absolute Gasteiger partial charge is 0.347 e. The molecule has 1 aliphatic rings. The van der Waals surface area contributed by atoms with Gasteiger partial charge in [0.2, 0.25) is 0 Å². The number of hydrogen-bond acceptors (Lipinski definition) is 2. The summed E-state index contributed by atoms with van der Waals surface area (Å²) in [7, 11) is 0. The summed E-state index contributed by atoms with van der Waals surface area (Å²) in [5.74, 6) is 0.0486. The van der Waals surface area contributed by atoms with Crippen molar-refractivity contribution in [3.05, 3.63) is 20.3 Å². The zero-order valence-electron chi connectivity index (χ0n) is 10.8. The highest BCUT2D eigenvalue weighted by Gasteiger charge is 2.65. The Morgan fingerprint density at radius 3 is 2.24 bits per heavy atom. The maximum Gasteiger partial charge on any atom is 0.261 e. The molecular weight excluding hydrogens is 298 g/mol. The number of hydrogen-bond donors (Lipinski definition) is 1. The Morgan fingerprint density at radius 1 is 1.35 bits per heavy atom. The van der Waals surface area contributed by atoms with E-state index in [4.69, 9.17) is 0 Å². The fourth-order valence-electron chi connectivity index (χ4n) is 2.33. The van der Waals surface area contributed by atoms with Crippen molar-refractivity contribution in [2.24, 2.45) is 10.8 Å². The first-order chi connectivity index (χ1) is 7.68. The topological polar surface area (TPSA) is 29.1 Å². The van der Waals surface area contributed by atoms with Gasteiger partial charge in [0.05, 0.1) is 8.66 Å². The van der Waals surface area contributed by atoms with Crippen LogP contribution in [0.15, 0.2) is 9.85 Å². The summed E-state index contributed by atoms with van der Waals surface area (Å²) in [6.07, 6.45) is 0. The maximum atomic E-state index is 12.1. The molecule has 1 aromatic rings. The van der Waals surface area contributed by atoms with E-state index in [0.29, 0.717) is 0 Å². The molecule has 1 amide bonds. The fraction of sp³-hybridized carbons (Fsp3) is 0.615. The van der Waals surface area contributed by atoms with E-state index in [-0.39, 0.29) is 22.8 Å². The molecule has 2 rings (SSSR count). The molecular formula is C13H18BrNOS. The zero-order valence-corrected chi connectivity index (χ0v) is 13.3. The number of nitrogens with one attached hydrogen (secondary N) is 1. The number of amides is 1. The smallest absolute Gasteiger partial charge is 0.261 e. The number of thiophene rings is 1. The Bertz CT molecular complexity index is 442. The second-order valence-corrected chi connectivity index (χ2v) is 8.29. The Hall–Kier alpha value is -0.350. The standard InChI is InChI=1S/C13H18BrNOS/c1-7-6-8(17-9(7)14)10(16)15-11-12(2,3)13(11,4)5/h6,11H,1-5H3,(H,15,16). The van der Waals surface area contributed by atoms with Crippen molar-refractivity contribution in [3.63, 3.8) is 0 Å². The van der Waals surface area contributed by atoms with E-state index in [2.05, 4.69) is 48.9 Å². The van der Waals surface area contributed by atoms with Crippen LogP contribution in [0.5, 0.6) is 0 Å². The molecule has 1 N–H and O–H groups in total. The van der Waals surface area contributed by atoms with Crippen LogP contribution in [0.25, 0.3) is 0 Å². The summed E-state index contributed by atoms with van der Waals surface area (Å²) >= 11 is 4.95. The first-order valence-electron chi connectivity index (χ1n) is 5.74. The summed E-state index contributed by atoms with van der Waals surface area (Å²) < 4.78 is 1.04. The number of aryl methyl sites for hydroxylation is 1. The van der Waals surface area contributed by atoms with E-state index in [9.17, 15) is 4.79 Å². The van der Waals surface area contributed by atoms with E-state index in [1.54, 1.807) is 0 Å². The van der Waals surface area contributed by atoms with Gasteiger partial charge in [0.25, 0.3) is 5.91 Å². The van der Waals surface area contributed by atoms with Crippen molar-refractivity contribution in [2.75, 3.05) is 0 Å². The van der Waals surface area contributed by atoms with Gasteiger partial charge in [-0.1, -0.05) is 27.7 Å². The van der Waals surface area contributed by atoms with Crippen LogP contribution >= 0.6 is 27.3 Å². The monoisotopic (exact) mass is 315 g/mol. The second-order valence-electron chi connectivity index (χ2n) is 5.92. The predicted molar refractivity (Wildman–Crippen MR) is 75.6 cm³/mol. The van der Waals surface area contributed by atoms with Crippen molar-refractivity contribution >= 4 is 33.2 Å². The van der Waals surface area contributed by atoms with Gasteiger partial charge in [0.1, 0.15) is 0 Å². The number of carbonyl (C=O) groups excluding carboxylic acids is 1. The summed E-state index contributed by atoms with van der Waals surface area (Å²) in [5.41, 5.74) is 1.49. The molecule has 1 saturated carbocycles. The van der Waals surface area contributed by atoms with Gasteiger partial charge in [-0.2, -0.15) is 0 Å². The summed E-state index contributed by atoms with van der Waals surface area (Å²) in [4.78, 5) is 12.9. The Kier molecular flexibility index (Phi) is 2.94. The van der Waals surface area contributed by atoms with E-state index in [0.717, 1.165) is 14.2 Å². The zero-order chi connectivity index (χ0) is 13.0. The number of halogens is 1. The Morgan fingerprint density at radius 2 is 1.88 bits per heavy atom. The fourth-order valence-corrected chi connectivity index (χ4v) is 3.77. The van der Waals surface area contributed by atoms with E-state index in [1.165, 1.54) is 11.3 Å². The second kappa shape index (κ2) is 3.82. The van der Waals surface area contributed by atoms with Crippen molar-refractivity contribution in [1.82, 2.24) is 5.32 Å². The minimum Gasteiger partial charge on any atom is -0.347 e. The van der Waals surface area contributed by atoms with Crippen LogP contribution in [-0.4, -0.2) is 11.9 Å². The lowest BCUT2D eigenvalue weighted by Gasteiger charge is -2.04. The molecule has 0 spiro atoms. The number of rotatable bonds is 2. The van der Waals surface area contributed by atoms with Gasteiger partial charge < -0.3 is 5.32 Å². The third-order valence-corrected chi connectivity index (χ3v) is 6.51. The van der Waals surface area contributed by atoms with Gasteiger partial charge in [-0.3, -0.25) is 4.79 Å². The Labute approximate surface area is 115 Å². The van der Waals surface area contributed by atoms with Crippen molar-refractivity contribution in [2.45, 2.75) is 40.7 Å². The molecule has 0 atom stereocenters. The minimum absolute atomic E-state index is 0.0486. The van der Waals surface area contributed by atoms with E-state index in [1.807, 2.05) is 13.0 Å². The molecule has 1 aliphatic carbocycles. The van der Waals surface area contributed by atoms with Gasteiger partial charge in [0, 0.05) is 6.04 Å². The highest BCUT2D eigenvalue weighted by Crippen LogP contribution is 2.62. The lowest BCUT2D eigenvalue weighted by molar-refractivity contribution is 0.0947. The first kappa shape index (κ1) is 13.1. The highest BCUT2D eigenvalue weighted by molar-refractivity contribution is 9.11. The minimum atomic E-state index is 0.0486. The van der Waals surface area contributed by atoms with Crippen molar-refractivity contribution in [1.29, 1.82) is 0 Å². The van der Waals surface area contributed by atoms with Crippen LogP contribution in [0.2, 0.25) is 0 Å². The molecule has 94 valence electrons. The van der Waals surface area contributed by atoms with E-state index >= 15 is 0 Å². The SMILES string of the molecule is Cc1cc(C(=O)NC2C(C)(C)C2(C)C)sc1Br. The van der Waals surface area contributed by atoms with Crippen LogP contribution in [0.3, 0.4) is 0 Å². The molecule has 1 fully saturated rings. The molecule has 0 saturated heterocycles. The van der Waals surface area contributed by atoms with Crippen LogP contribution in [0, 0.1) is 17.8 Å². The first-order valence-corrected chi connectivity index (χ1v) is 7.35. The van der Waals surface area contributed by atoms with Crippen molar-refractivity contribution < 1.29 is 4.79 Å². The summed E-state index contributed by atoms with van der Waals surface area (Å²) in [6, 6.07) is 2.20. The highest BCUT2D eigenvalue weighted by atomic mass is 79.9. The predicted octanol–water partition coefficient (Wildman–Crippen LogP) is 3.98. The van der Waals surface area contributed by atoms with Gasteiger partial charge in [-0.25, -0.2) is 0 Å². The molecule has 0 radical (unpaired) electrons. The molecule has 0 unspecified atom stereocenters. The number of carbonyl (C=O) groups is 1. The van der Waals surface area contributed by atoms with Crippen LogP contribution in [0.1, 0.15) is 42.9 Å². The van der Waals surface area contributed by atoms with Gasteiger partial charge in [-0.05, 0) is 45.3 Å². The van der Waals surface area contributed by atoms with Crippen LogP contribution in [0.4, 0.5) is 0 Å². The molecule has 0 bridgehead atoms. The molecule has 1 heterocycles. The van der Waals surface area contributed by atoms with Gasteiger partial charge >= 0.3 is 0 Å².